The molecule has 58 valence electrons. The van der Waals surface area contributed by atoms with E-state index in [2.05, 4.69) is 10.3 Å². The van der Waals surface area contributed by atoms with Crippen LogP contribution in [-0.4, -0.2) is 5.97 Å². The van der Waals surface area contributed by atoms with Crippen molar-refractivity contribution in [3.63, 3.8) is 0 Å². The number of nitrogens with one attached hydrogen (secondary N) is 1. The summed E-state index contributed by atoms with van der Waals surface area (Å²) in [7, 11) is 0. The molecule has 3 nitrogen and oxygen atoms in total. The van der Waals surface area contributed by atoms with Gasteiger partial charge in [0.25, 0.3) is 0 Å². The fraction of sp³-hybridized carbons (Fsp3) is 0.571. The highest BCUT2D eigenvalue weighted by atomic mass is 16.7. The van der Waals surface area contributed by atoms with E-state index in [1.807, 2.05) is 13.8 Å². The molecule has 0 heterocycles. The zero-order chi connectivity index (χ0) is 7.82. The Kier molecular flexibility index (Phi) is 5.53. The van der Waals surface area contributed by atoms with Crippen molar-refractivity contribution < 1.29 is 9.63 Å². The summed E-state index contributed by atoms with van der Waals surface area (Å²) in [6.45, 7) is 3.76. The highest BCUT2D eigenvalue weighted by molar-refractivity contribution is 5.68. The Bertz CT molecular complexity index is 121. The summed E-state index contributed by atoms with van der Waals surface area (Å²) in [5, 5.41) is 0. The van der Waals surface area contributed by atoms with E-state index in [1.54, 1.807) is 12.3 Å². The lowest BCUT2D eigenvalue weighted by atomic mass is 10.3. The Morgan fingerprint density at radius 3 is 2.90 bits per heavy atom. The van der Waals surface area contributed by atoms with Crippen molar-refractivity contribution in [2.45, 2.75) is 26.7 Å². The van der Waals surface area contributed by atoms with Crippen LogP contribution in [0.3, 0.4) is 0 Å². The molecule has 0 aliphatic carbocycles. The molecule has 0 aromatic carbocycles. The molecule has 3 heteroatoms. The van der Waals surface area contributed by atoms with Gasteiger partial charge in [-0.3, -0.25) is 0 Å². The SMILES string of the molecule is CC=CNOC(=O)CCC. The van der Waals surface area contributed by atoms with Crippen LogP contribution in [-0.2, 0) is 9.63 Å². The first-order chi connectivity index (χ1) is 4.81. The fourth-order valence-electron chi connectivity index (χ4n) is 0.423. The Hall–Kier alpha value is -0.990. The molecule has 0 aromatic heterocycles. The van der Waals surface area contributed by atoms with Crippen molar-refractivity contribution in [2.24, 2.45) is 0 Å². The standard InChI is InChI=1S/C7H13NO2/c1-3-5-7(9)10-8-6-4-2/h4,6,8H,3,5H2,1-2H3. The third-order valence-corrected chi connectivity index (χ3v) is 0.862. The molecule has 1 N–H and O–H groups in total. The molecule has 0 fully saturated rings. The van der Waals surface area contributed by atoms with Crippen LogP contribution < -0.4 is 5.48 Å². The van der Waals surface area contributed by atoms with E-state index in [1.165, 1.54) is 0 Å². The zero-order valence-corrected chi connectivity index (χ0v) is 6.39. The topological polar surface area (TPSA) is 38.3 Å². The van der Waals surface area contributed by atoms with Gasteiger partial charge in [0.15, 0.2) is 0 Å². The van der Waals surface area contributed by atoms with Gasteiger partial charge in [0, 0.05) is 12.6 Å². The van der Waals surface area contributed by atoms with Gasteiger partial charge in [0.2, 0.25) is 0 Å². The number of hydroxylamine groups is 1. The number of hydrogen-bond acceptors (Lipinski definition) is 3. The van der Waals surface area contributed by atoms with Crippen LogP contribution in [0.4, 0.5) is 0 Å². The summed E-state index contributed by atoms with van der Waals surface area (Å²) >= 11 is 0. The van der Waals surface area contributed by atoms with Crippen LogP contribution in [0.15, 0.2) is 12.3 Å². The first kappa shape index (κ1) is 9.01. The van der Waals surface area contributed by atoms with Gasteiger partial charge in [-0.1, -0.05) is 13.0 Å². The van der Waals surface area contributed by atoms with E-state index >= 15 is 0 Å². The second-order valence-electron chi connectivity index (χ2n) is 1.84. The summed E-state index contributed by atoms with van der Waals surface area (Å²) in [4.78, 5) is 15.1. The quantitative estimate of drug-likeness (QED) is 0.604. The van der Waals surface area contributed by atoms with Gasteiger partial charge in [-0.2, -0.15) is 0 Å². The molecular formula is C7H13NO2. The van der Waals surface area contributed by atoms with Crippen molar-refractivity contribution in [1.82, 2.24) is 5.48 Å². The van der Waals surface area contributed by atoms with E-state index in [0.29, 0.717) is 6.42 Å². The Balaban J connectivity index is 3.21. The Morgan fingerprint density at radius 1 is 1.70 bits per heavy atom. The first-order valence-corrected chi connectivity index (χ1v) is 3.37. The molecule has 0 unspecified atom stereocenters. The number of allylic oxidation sites excluding steroid dienone is 1. The normalized spacial score (nSPS) is 9.80. The molecule has 0 bridgehead atoms. The van der Waals surface area contributed by atoms with Crippen LogP contribution in [0.5, 0.6) is 0 Å². The number of rotatable bonds is 4. The van der Waals surface area contributed by atoms with Gasteiger partial charge >= 0.3 is 5.97 Å². The second-order valence-corrected chi connectivity index (χ2v) is 1.84. The highest BCUT2D eigenvalue weighted by Crippen LogP contribution is 1.87. The number of carbonyl (C=O) groups excluding carboxylic acids is 1. The molecule has 0 saturated heterocycles. The van der Waals surface area contributed by atoms with Gasteiger partial charge in [-0.05, 0) is 13.3 Å². The van der Waals surface area contributed by atoms with E-state index < -0.39 is 0 Å². The van der Waals surface area contributed by atoms with Crippen LogP contribution in [0.25, 0.3) is 0 Å². The van der Waals surface area contributed by atoms with Gasteiger partial charge in [0.05, 0.1) is 0 Å². The minimum atomic E-state index is -0.222. The summed E-state index contributed by atoms with van der Waals surface area (Å²) in [5.74, 6) is -0.222. The van der Waals surface area contributed by atoms with Crippen LogP contribution in [0.2, 0.25) is 0 Å². The predicted octanol–water partition coefficient (Wildman–Crippen LogP) is 1.37. The van der Waals surface area contributed by atoms with Gasteiger partial charge in [-0.25, -0.2) is 10.3 Å². The maximum absolute atomic E-state index is 10.6. The van der Waals surface area contributed by atoms with E-state index in [0.717, 1.165) is 6.42 Å². The van der Waals surface area contributed by atoms with Gasteiger partial charge < -0.3 is 4.84 Å². The molecule has 0 aliphatic rings. The highest BCUT2D eigenvalue weighted by Gasteiger charge is 1.96. The van der Waals surface area contributed by atoms with E-state index in [-0.39, 0.29) is 5.97 Å². The maximum atomic E-state index is 10.6. The third kappa shape index (κ3) is 5.15. The lowest BCUT2D eigenvalue weighted by molar-refractivity contribution is -0.148. The van der Waals surface area contributed by atoms with E-state index in [4.69, 9.17) is 0 Å². The van der Waals surface area contributed by atoms with Crippen LogP contribution >= 0.6 is 0 Å². The minimum Gasteiger partial charge on any atom is -0.344 e. The van der Waals surface area contributed by atoms with Crippen LogP contribution in [0.1, 0.15) is 26.7 Å². The number of carbonyl (C=O) groups is 1. The van der Waals surface area contributed by atoms with Crippen molar-refractivity contribution in [3.05, 3.63) is 12.3 Å². The molecule has 0 aromatic rings. The molecule has 0 aliphatic heterocycles. The average molecular weight is 143 g/mol. The Labute approximate surface area is 61.0 Å². The van der Waals surface area contributed by atoms with Crippen molar-refractivity contribution in [3.8, 4) is 0 Å². The molecular weight excluding hydrogens is 130 g/mol. The largest absolute Gasteiger partial charge is 0.344 e. The molecule has 0 atom stereocenters. The summed E-state index contributed by atoms with van der Waals surface area (Å²) < 4.78 is 0. The lowest BCUT2D eigenvalue weighted by Gasteiger charge is -1.99. The lowest BCUT2D eigenvalue weighted by Crippen LogP contribution is -2.13. The second kappa shape index (κ2) is 6.13. The average Bonchev–Trinajstić information content (AvgIpc) is 1.89. The molecule has 0 spiro atoms. The van der Waals surface area contributed by atoms with Crippen LogP contribution in [0, 0.1) is 0 Å². The molecule has 0 radical (unpaired) electrons. The molecule has 0 saturated carbocycles. The van der Waals surface area contributed by atoms with Crippen molar-refractivity contribution in [1.29, 1.82) is 0 Å². The third-order valence-electron chi connectivity index (χ3n) is 0.862. The predicted molar refractivity (Wildman–Crippen MR) is 38.9 cm³/mol. The minimum absolute atomic E-state index is 0.222. The smallest absolute Gasteiger partial charge is 0.332 e. The van der Waals surface area contributed by atoms with Crippen molar-refractivity contribution >= 4 is 5.97 Å². The van der Waals surface area contributed by atoms with E-state index in [9.17, 15) is 4.79 Å². The van der Waals surface area contributed by atoms with Gasteiger partial charge in [-0.15, -0.1) is 0 Å². The number of hydrogen-bond donors (Lipinski definition) is 1. The van der Waals surface area contributed by atoms with Crippen molar-refractivity contribution in [2.75, 3.05) is 0 Å². The van der Waals surface area contributed by atoms with Gasteiger partial charge in [0.1, 0.15) is 0 Å². The molecule has 0 rings (SSSR count). The zero-order valence-electron chi connectivity index (χ0n) is 6.39. The summed E-state index contributed by atoms with van der Waals surface area (Å²) in [6.07, 6.45) is 4.59. The fourth-order valence-corrected chi connectivity index (χ4v) is 0.423. The molecule has 0 amide bonds. The summed E-state index contributed by atoms with van der Waals surface area (Å²) in [6, 6.07) is 0. The summed E-state index contributed by atoms with van der Waals surface area (Å²) in [5.41, 5.74) is 2.39. The monoisotopic (exact) mass is 143 g/mol. The maximum Gasteiger partial charge on any atom is 0.332 e. The molecule has 10 heavy (non-hydrogen) atoms. The Morgan fingerprint density at radius 2 is 2.40 bits per heavy atom. The first-order valence-electron chi connectivity index (χ1n) is 3.37.